The lowest BCUT2D eigenvalue weighted by Gasteiger charge is -2.31. The molecular formula is C15H21ClN2O. The molecule has 104 valence electrons. The minimum Gasteiger partial charge on any atom is -0.353 e. The number of piperidine rings is 1. The van der Waals surface area contributed by atoms with Gasteiger partial charge in [0.05, 0.1) is 6.42 Å². The van der Waals surface area contributed by atoms with E-state index in [0.29, 0.717) is 17.5 Å². The van der Waals surface area contributed by atoms with Crippen LogP contribution in [0.15, 0.2) is 24.3 Å². The maximum absolute atomic E-state index is 12.0. The fourth-order valence-electron chi connectivity index (χ4n) is 2.49. The van der Waals surface area contributed by atoms with Crippen LogP contribution in [0.2, 0.25) is 5.02 Å². The van der Waals surface area contributed by atoms with E-state index in [0.717, 1.165) is 38.0 Å². The van der Waals surface area contributed by atoms with E-state index in [1.807, 2.05) is 24.3 Å². The zero-order valence-electron chi connectivity index (χ0n) is 11.4. The molecule has 3 nitrogen and oxygen atoms in total. The van der Waals surface area contributed by atoms with Crippen molar-refractivity contribution >= 4 is 17.5 Å². The smallest absolute Gasteiger partial charge is 0.224 e. The predicted octanol–water partition coefficient (Wildman–Crippen LogP) is 2.48. The molecule has 0 radical (unpaired) electrons. The summed E-state index contributed by atoms with van der Waals surface area (Å²) < 4.78 is 0. The van der Waals surface area contributed by atoms with Crippen LogP contribution >= 0.6 is 11.6 Å². The Hall–Kier alpha value is -1.06. The summed E-state index contributed by atoms with van der Waals surface area (Å²) in [6.07, 6.45) is 2.46. The van der Waals surface area contributed by atoms with E-state index < -0.39 is 0 Å². The Morgan fingerprint density at radius 2 is 2.05 bits per heavy atom. The monoisotopic (exact) mass is 280 g/mol. The highest BCUT2D eigenvalue weighted by Crippen LogP contribution is 2.16. The molecule has 1 aromatic rings. The van der Waals surface area contributed by atoms with Gasteiger partial charge >= 0.3 is 0 Å². The van der Waals surface area contributed by atoms with Crippen molar-refractivity contribution in [3.8, 4) is 0 Å². The number of hydrogen-bond acceptors (Lipinski definition) is 2. The molecule has 1 N–H and O–H groups in total. The number of rotatable bonds is 4. The summed E-state index contributed by atoms with van der Waals surface area (Å²) in [5.74, 6) is 0.0723. The predicted molar refractivity (Wildman–Crippen MR) is 78.4 cm³/mol. The number of carbonyl (C=O) groups excluding carboxylic acids is 1. The molecule has 0 saturated carbocycles. The van der Waals surface area contributed by atoms with Gasteiger partial charge in [-0.25, -0.2) is 0 Å². The maximum Gasteiger partial charge on any atom is 0.224 e. The van der Waals surface area contributed by atoms with Crippen LogP contribution in [0.25, 0.3) is 0 Å². The first-order valence-corrected chi connectivity index (χ1v) is 7.32. The molecule has 19 heavy (non-hydrogen) atoms. The molecule has 4 heteroatoms. The third-order valence-corrected chi connectivity index (χ3v) is 4.08. The Bertz CT molecular complexity index is 428. The third-order valence-electron chi connectivity index (χ3n) is 3.71. The molecule has 0 unspecified atom stereocenters. The van der Waals surface area contributed by atoms with Gasteiger partial charge in [-0.15, -0.1) is 0 Å². The van der Waals surface area contributed by atoms with Crippen LogP contribution in [0.3, 0.4) is 0 Å². The summed E-state index contributed by atoms with van der Waals surface area (Å²) >= 11 is 6.06. The van der Waals surface area contributed by atoms with Crippen LogP contribution in [0, 0.1) is 0 Å². The molecule has 0 aromatic heterocycles. The molecule has 2 rings (SSSR count). The highest BCUT2D eigenvalue weighted by molar-refractivity contribution is 6.31. The van der Waals surface area contributed by atoms with Gasteiger partial charge in [0.25, 0.3) is 0 Å². The van der Waals surface area contributed by atoms with Gasteiger partial charge in [0.15, 0.2) is 0 Å². The van der Waals surface area contributed by atoms with Crippen molar-refractivity contribution in [2.45, 2.75) is 32.2 Å². The molecule has 1 aliphatic rings. The van der Waals surface area contributed by atoms with Crippen molar-refractivity contribution in [1.82, 2.24) is 10.2 Å². The number of hydrogen-bond donors (Lipinski definition) is 1. The molecule has 1 amide bonds. The Morgan fingerprint density at radius 1 is 1.37 bits per heavy atom. The van der Waals surface area contributed by atoms with Crippen molar-refractivity contribution in [3.05, 3.63) is 34.9 Å². The first kappa shape index (κ1) is 14.4. The molecule has 1 heterocycles. The minimum atomic E-state index is 0.0723. The van der Waals surface area contributed by atoms with Crippen LogP contribution in [0.5, 0.6) is 0 Å². The zero-order chi connectivity index (χ0) is 13.7. The highest BCUT2D eigenvalue weighted by Gasteiger charge is 2.19. The van der Waals surface area contributed by atoms with E-state index in [2.05, 4.69) is 17.1 Å². The molecule has 0 bridgehead atoms. The molecular weight excluding hydrogens is 260 g/mol. The quantitative estimate of drug-likeness (QED) is 0.919. The van der Waals surface area contributed by atoms with Gasteiger partial charge in [-0.1, -0.05) is 36.7 Å². The normalized spacial score (nSPS) is 17.4. The van der Waals surface area contributed by atoms with Gasteiger partial charge in [0.1, 0.15) is 0 Å². The topological polar surface area (TPSA) is 32.3 Å². The van der Waals surface area contributed by atoms with Crippen LogP contribution in [0.1, 0.15) is 25.3 Å². The van der Waals surface area contributed by atoms with E-state index in [-0.39, 0.29) is 5.91 Å². The number of likely N-dealkylation sites (tertiary alicyclic amines) is 1. The van der Waals surface area contributed by atoms with Gasteiger partial charge in [-0.2, -0.15) is 0 Å². The molecule has 1 aliphatic heterocycles. The summed E-state index contributed by atoms with van der Waals surface area (Å²) in [6, 6.07) is 7.84. The largest absolute Gasteiger partial charge is 0.353 e. The lowest BCUT2D eigenvalue weighted by molar-refractivity contribution is -0.121. The van der Waals surface area contributed by atoms with Crippen molar-refractivity contribution in [2.75, 3.05) is 19.6 Å². The molecule has 0 aliphatic carbocycles. The van der Waals surface area contributed by atoms with E-state index >= 15 is 0 Å². The number of nitrogens with one attached hydrogen (secondary N) is 1. The van der Waals surface area contributed by atoms with Gasteiger partial charge in [0, 0.05) is 24.2 Å². The summed E-state index contributed by atoms with van der Waals surface area (Å²) in [6.45, 7) is 5.43. The lowest BCUT2D eigenvalue weighted by Crippen LogP contribution is -2.44. The Morgan fingerprint density at radius 3 is 2.68 bits per heavy atom. The van der Waals surface area contributed by atoms with E-state index in [9.17, 15) is 4.79 Å². The average molecular weight is 281 g/mol. The number of amides is 1. The Kier molecular flexibility index (Phi) is 5.23. The summed E-state index contributed by atoms with van der Waals surface area (Å²) in [7, 11) is 0. The fourth-order valence-corrected chi connectivity index (χ4v) is 2.69. The Labute approximate surface area is 119 Å². The van der Waals surface area contributed by atoms with Crippen molar-refractivity contribution in [1.29, 1.82) is 0 Å². The van der Waals surface area contributed by atoms with Crippen LogP contribution < -0.4 is 5.32 Å². The zero-order valence-corrected chi connectivity index (χ0v) is 12.1. The molecule has 1 fully saturated rings. The second kappa shape index (κ2) is 6.92. The fraction of sp³-hybridized carbons (Fsp3) is 0.533. The summed E-state index contributed by atoms with van der Waals surface area (Å²) in [4.78, 5) is 14.4. The Balaban J connectivity index is 1.81. The summed E-state index contributed by atoms with van der Waals surface area (Å²) in [5, 5.41) is 3.78. The summed E-state index contributed by atoms with van der Waals surface area (Å²) in [5.41, 5.74) is 0.896. The van der Waals surface area contributed by atoms with Gasteiger partial charge < -0.3 is 10.2 Å². The number of carbonyl (C=O) groups is 1. The van der Waals surface area contributed by atoms with Crippen LogP contribution in [-0.2, 0) is 11.2 Å². The third kappa shape index (κ3) is 4.22. The molecule has 1 aromatic carbocycles. The van der Waals surface area contributed by atoms with Crippen molar-refractivity contribution in [2.24, 2.45) is 0 Å². The lowest BCUT2D eigenvalue weighted by atomic mass is 10.0. The highest BCUT2D eigenvalue weighted by atomic mass is 35.5. The average Bonchev–Trinajstić information content (AvgIpc) is 2.42. The standard InChI is InChI=1S/C15H21ClN2O/c1-2-18-9-7-13(8-10-18)17-15(19)11-12-5-3-4-6-14(12)16/h3-6,13H,2,7-11H2,1H3,(H,17,19). The molecule has 1 saturated heterocycles. The van der Waals surface area contributed by atoms with Crippen LogP contribution in [0.4, 0.5) is 0 Å². The van der Waals surface area contributed by atoms with Crippen molar-refractivity contribution < 1.29 is 4.79 Å². The van der Waals surface area contributed by atoms with Crippen LogP contribution in [-0.4, -0.2) is 36.5 Å². The second-order valence-electron chi connectivity index (χ2n) is 5.04. The first-order chi connectivity index (χ1) is 9.19. The minimum absolute atomic E-state index is 0.0723. The number of benzene rings is 1. The van der Waals surface area contributed by atoms with E-state index in [1.54, 1.807) is 0 Å². The SMILES string of the molecule is CCN1CCC(NC(=O)Cc2ccccc2Cl)CC1. The van der Waals surface area contributed by atoms with Gasteiger partial charge in [0.2, 0.25) is 5.91 Å². The molecule has 0 atom stereocenters. The number of halogens is 1. The van der Waals surface area contributed by atoms with Crippen molar-refractivity contribution in [3.63, 3.8) is 0 Å². The molecule has 0 spiro atoms. The van der Waals surface area contributed by atoms with E-state index in [4.69, 9.17) is 11.6 Å². The number of nitrogens with zero attached hydrogens (tertiary/aromatic N) is 1. The first-order valence-electron chi connectivity index (χ1n) is 6.94. The van der Waals surface area contributed by atoms with Gasteiger partial charge in [-0.05, 0) is 31.0 Å². The second-order valence-corrected chi connectivity index (χ2v) is 5.45. The van der Waals surface area contributed by atoms with E-state index in [1.165, 1.54) is 0 Å². The maximum atomic E-state index is 12.0. The van der Waals surface area contributed by atoms with Gasteiger partial charge in [-0.3, -0.25) is 4.79 Å².